The Kier molecular flexibility index (Phi) is 3.05. The van der Waals surface area contributed by atoms with E-state index in [1.807, 2.05) is 11.8 Å². The lowest BCUT2D eigenvalue weighted by Crippen LogP contribution is -2.33. The minimum Gasteiger partial charge on any atom is -0.318 e. The SMILES string of the molecule is CCC1NC(c2ccc(F)cc2)N(C2CC2C)C1=O. The van der Waals surface area contributed by atoms with Crippen LogP contribution in [0.25, 0.3) is 0 Å². The fourth-order valence-corrected chi connectivity index (χ4v) is 2.89. The second kappa shape index (κ2) is 4.60. The molecule has 1 saturated heterocycles. The van der Waals surface area contributed by atoms with Crippen LogP contribution in [0.3, 0.4) is 0 Å². The molecule has 1 aliphatic heterocycles. The Balaban J connectivity index is 1.89. The first-order chi connectivity index (χ1) is 9.11. The second-order valence-electron chi connectivity index (χ2n) is 5.61. The van der Waals surface area contributed by atoms with Crippen molar-refractivity contribution in [2.45, 2.75) is 44.9 Å². The molecule has 4 unspecified atom stereocenters. The topological polar surface area (TPSA) is 32.3 Å². The summed E-state index contributed by atoms with van der Waals surface area (Å²) in [6, 6.07) is 6.66. The first kappa shape index (κ1) is 12.6. The Labute approximate surface area is 112 Å². The third kappa shape index (κ3) is 2.14. The minimum atomic E-state index is -0.244. The van der Waals surface area contributed by atoms with Crippen molar-refractivity contribution in [1.82, 2.24) is 10.2 Å². The van der Waals surface area contributed by atoms with E-state index < -0.39 is 0 Å². The molecule has 19 heavy (non-hydrogen) atoms. The monoisotopic (exact) mass is 262 g/mol. The van der Waals surface area contributed by atoms with Crippen LogP contribution < -0.4 is 5.32 Å². The molecule has 0 aromatic heterocycles. The Bertz CT molecular complexity index is 487. The van der Waals surface area contributed by atoms with Crippen molar-refractivity contribution in [2.75, 3.05) is 0 Å². The molecule has 3 rings (SSSR count). The van der Waals surface area contributed by atoms with Gasteiger partial charge in [0.05, 0.1) is 6.04 Å². The molecule has 2 fully saturated rings. The summed E-state index contributed by atoms with van der Waals surface area (Å²) < 4.78 is 13.0. The van der Waals surface area contributed by atoms with Crippen LogP contribution in [0, 0.1) is 11.7 Å². The molecular weight excluding hydrogens is 243 g/mol. The van der Waals surface area contributed by atoms with Gasteiger partial charge in [-0.1, -0.05) is 26.0 Å². The Hall–Kier alpha value is -1.42. The lowest BCUT2D eigenvalue weighted by molar-refractivity contribution is -0.130. The molecule has 1 saturated carbocycles. The number of halogens is 1. The third-order valence-electron chi connectivity index (χ3n) is 4.21. The van der Waals surface area contributed by atoms with Crippen LogP contribution in [-0.2, 0) is 4.79 Å². The number of benzene rings is 1. The van der Waals surface area contributed by atoms with Gasteiger partial charge in [0.1, 0.15) is 12.0 Å². The van der Waals surface area contributed by atoms with Crippen molar-refractivity contribution in [1.29, 1.82) is 0 Å². The predicted octanol–water partition coefficient (Wildman–Crippen LogP) is 2.44. The van der Waals surface area contributed by atoms with Gasteiger partial charge in [-0.25, -0.2) is 4.39 Å². The number of nitrogens with one attached hydrogen (secondary N) is 1. The summed E-state index contributed by atoms with van der Waals surface area (Å²) in [5.74, 6) is 0.516. The van der Waals surface area contributed by atoms with E-state index in [1.54, 1.807) is 12.1 Å². The highest BCUT2D eigenvalue weighted by atomic mass is 19.1. The Morgan fingerprint density at radius 2 is 2.00 bits per heavy atom. The molecule has 1 amide bonds. The molecule has 0 radical (unpaired) electrons. The summed E-state index contributed by atoms with van der Waals surface area (Å²) in [6.45, 7) is 4.18. The maximum Gasteiger partial charge on any atom is 0.241 e. The van der Waals surface area contributed by atoms with Gasteiger partial charge < -0.3 is 4.90 Å². The second-order valence-corrected chi connectivity index (χ2v) is 5.61. The highest BCUT2D eigenvalue weighted by molar-refractivity contribution is 5.85. The van der Waals surface area contributed by atoms with Gasteiger partial charge >= 0.3 is 0 Å². The first-order valence-electron chi connectivity index (χ1n) is 6.95. The van der Waals surface area contributed by atoms with Crippen molar-refractivity contribution in [3.05, 3.63) is 35.6 Å². The molecule has 3 nitrogen and oxygen atoms in total. The quantitative estimate of drug-likeness (QED) is 0.907. The number of hydrogen-bond donors (Lipinski definition) is 1. The van der Waals surface area contributed by atoms with Crippen LogP contribution in [-0.4, -0.2) is 22.9 Å². The first-order valence-corrected chi connectivity index (χ1v) is 6.95. The van der Waals surface area contributed by atoms with E-state index in [0.29, 0.717) is 12.0 Å². The summed E-state index contributed by atoms with van der Waals surface area (Å²) in [5.41, 5.74) is 0.963. The van der Waals surface area contributed by atoms with Crippen LogP contribution >= 0.6 is 0 Å². The van der Waals surface area contributed by atoms with Crippen molar-refractivity contribution in [2.24, 2.45) is 5.92 Å². The zero-order chi connectivity index (χ0) is 13.6. The fourth-order valence-electron chi connectivity index (χ4n) is 2.89. The molecule has 1 aliphatic carbocycles. The summed E-state index contributed by atoms with van der Waals surface area (Å²) in [5, 5.41) is 3.37. The van der Waals surface area contributed by atoms with E-state index in [4.69, 9.17) is 0 Å². The third-order valence-corrected chi connectivity index (χ3v) is 4.21. The van der Waals surface area contributed by atoms with Crippen LogP contribution in [0.15, 0.2) is 24.3 Å². The Morgan fingerprint density at radius 1 is 1.37 bits per heavy atom. The van der Waals surface area contributed by atoms with Gasteiger partial charge in [-0.05, 0) is 36.5 Å². The molecule has 1 heterocycles. The van der Waals surface area contributed by atoms with Gasteiger partial charge in [0.15, 0.2) is 0 Å². The molecular formula is C15H19FN2O. The maximum atomic E-state index is 13.0. The summed E-state index contributed by atoms with van der Waals surface area (Å²) in [4.78, 5) is 14.4. The van der Waals surface area contributed by atoms with Gasteiger partial charge in [-0.3, -0.25) is 10.1 Å². The van der Waals surface area contributed by atoms with Gasteiger partial charge in [0, 0.05) is 6.04 Å². The van der Waals surface area contributed by atoms with Crippen molar-refractivity contribution >= 4 is 5.91 Å². The van der Waals surface area contributed by atoms with Crippen LogP contribution in [0.2, 0.25) is 0 Å². The molecule has 2 aliphatic rings. The number of rotatable bonds is 3. The van der Waals surface area contributed by atoms with Crippen LogP contribution in [0.4, 0.5) is 4.39 Å². The standard InChI is InChI=1S/C15H19FN2O/c1-3-12-15(19)18(13-8-9(13)2)14(17-12)10-4-6-11(16)7-5-10/h4-7,9,12-14,17H,3,8H2,1-2H3. The van der Waals surface area contributed by atoms with Crippen molar-refractivity contribution < 1.29 is 9.18 Å². The number of carbonyl (C=O) groups excluding carboxylic acids is 1. The summed E-state index contributed by atoms with van der Waals surface area (Å²) >= 11 is 0. The normalized spacial score (nSPS) is 33.8. The van der Waals surface area contributed by atoms with Gasteiger partial charge in [0.25, 0.3) is 0 Å². The number of hydrogen-bond acceptors (Lipinski definition) is 2. The average molecular weight is 262 g/mol. The van der Waals surface area contributed by atoms with E-state index in [2.05, 4.69) is 12.2 Å². The molecule has 0 spiro atoms. The Morgan fingerprint density at radius 3 is 2.53 bits per heavy atom. The number of carbonyl (C=O) groups is 1. The number of nitrogens with zero attached hydrogens (tertiary/aromatic N) is 1. The minimum absolute atomic E-state index is 0.104. The maximum absolute atomic E-state index is 13.0. The van der Waals surface area contributed by atoms with E-state index in [9.17, 15) is 9.18 Å². The lowest BCUT2D eigenvalue weighted by atomic mass is 10.1. The van der Waals surface area contributed by atoms with Crippen molar-refractivity contribution in [3.8, 4) is 0 Å². The van der Waals surface area contributed by atoms with Crippen LogP contribution in [0.1, 0.15) is 38.4 Å². The number of amides is 1. The van der Waals surface area contributed by atoms with Crippen LogP contribution in [0.5, 0.6) is 0 Å². The molecule has 1 N–H and O–H groups in total. The smallest absolute Gasteiger partial charge is 0.241 e. The zero-order valence-corrected chi connectivity index (χ0v) is 11.3. The summed E-state index contributed by atoms with van der Waals surface area (Å²) in [7, 11) is 0. The van der Waals surface area contributed by atoms with E-state index in [1.165, 1.54) is 12.1 Å². The van der Waals surface area contributed by atoms with Gasteiger partial charge in [0.2, 0.25) is 5.91 Å². The van der Waals surface area contributed by atoms with E-state index in [0.717, 1.165) is 18.4 Å². The average Bonchev–Trinajstić information content (AvgIpc) is 3.01. The summed E-state index contributed by atoms with van der Waals surface area (Å²) in [6.07, 6.45) is 1.75. The largest absolute Gasteiger partial charge is 0.318 e. The molecule has 0 bridgehead atoms. The predicted molar refractivity (Wildman–Crippen MR) is 70.8 cm³/mol. The molecule has 4 heteroatoms. The van der Waals surface area contributed by atoms with Gasteiger partial charge in [-0.2, -0.15) is 0 Å². The fraction of sp³-hybridized carbons (Fsp3) is 0.533. The van der Waals surface area contributed by atoms with E-state index in [-0.39, 0.29) is 23.9 Å². The highest BCUT2D eigenvalue weighted by Crippen LogP contribution is 2.42. The molecule has 4 atom stereocenters. The van der Waals surface area contributed by atoms with Gasteiger partial charge in [-0.15, -0.1) is 0 Å². The highest BCUT2D eigenvalue weighted by Gasteiger charge is 2.49. The molecule has 102 valence electrons. The lowest BCUT2D eigenvalue weighted by Gasteiger charge is -2.24. The zero-order valence-electron chi connectivity index (χ0n) is 11.3. The molecule has 1 aromatic rings. The molecule has 1 aromatic carbocycles. The van der Waals surface area contributed by atoms with E-state index >= 15 is 0 Å². The van der Waals surface area contributed by atoms with Crippen molar-refractivity contribution in [3.63, 3.8) is 0 Å².